The average Bonchev–Trinajstić information content (AvgIpc) is 2.47. The molecular weight excluding hydrogens is 275 g/mol. The molecule has 0 atom stereocenters. The van der Waals surface area contributed by atoms with E-state index in [0.29, 0.717) is 17.5 Å². The molecule has 0 radical (unpaired) electrons. The van der Waals surface area contributed by atoms with E-state index in [9.17, 15) is 18.8 Å². The maximum absolute atomic E-state index is 12.8. The van der Waals surface area contributed by atoms with E-state index in [1.165, 1.54) is 35.0 Å². The summed E-state index contributed by atoms with van der Waals surface area (Å²) in [5.41, 5.74) is -0.0545. The maximum atomic E-state index is 12.8. The second-order valence-corrected chi connectivity index (χ2v) is 4.64. The molecular formula is C15H15FN2O3. The van der Waals surface area contributed by atoms with E-state index in [-0.39, 0.29) is 18.7 Å². The first-order valence-corrected chi connectivity index (χ1v) is 6.62. The highest BCUT2D eigenvalue weighted by molar-refractivity contribution is 5.95. The molecule has 0 fully saturated rings. The van der Waals surface area contributed by atoms with Crippen LogP contribution in [0.1, 0.15) is 29.3 Å². The third-order valence-electron chi connectivity index (χ3n) is 3.21. The Labute approximate surface area is 120 Å². The fraction of sp³-hybridized carbons (Fsp3) is 0.267. The van der Waals surface area contributed by atoms with E-state index in [1.54, 1.807) is 0 Å². The predicted molar refractivity (Wildman–Crippen MR) is 76.0 cm³/mol. The molecule has 0 amide bonds. The van der Waals surface area contributed by atoms with Gasteiger partial charge in [-0.15, -0.1) is 0 Å². The van der Waals surface area contributed by atoms with Crippen molar-refractivity contribution in [3.63, 3.8) is 0 Å². The third-order valence-corrected chi connectivity index (χ3v) is 3.21. The lowest BCUT2D eigenvalue weighted by Gasteiger charge is -2.06. The van der Waals surface area contributed by atoms with Crippen molar-refractivity contribution in [3.8, 4) is 0 Å². The summed E-state index contributed by atoms with van der Waals surface area (Å²) in [6, 6.07) is 5.25. The van der Waals surface area contributed by atoms with Crippen LogP contribution >= 0.6 is 0 Å². The first kappa shape index (κ1) is 14.9. The summed E-state index contributed by atoms with van der Waals surface area (Å²) in [4.78, 5) is 37.3. The highest BCUT2D eigenvalue weighted by atomic mass is 19.1. The van der Waals surface area contributed by atoms with Crippen LogP contribution in [-0.4, -0.2) is 15.3 Å². The number of benzene rings is 1. The van der Waals surface area contributed by atoms with Gasteiger partial charge in [-0.2, -0.15) is 0 Å². The van der Waals surface area contributed by atoms with Crippen LogP contribution in [0.3, 0.4) is 0 Å². The minimum absolute atomic E-state index is 0.0980. The van der Waals surface area contributed by atoms with Gasteiger partial charge in [0, 0.05) is 30.3 Å². The smallest absolute Gasteiger partial charge is 0.300 e. The number of H-pyrrole nitrogens is 1. The Morgan fingerprint density at radius 2 is 1.90 bits per heavy atom. The standard InChI is InChI=1S/C15H15FN2O3/c1-2-10-9-18(15(21)17-14(10)20)8-7-13(19)11-3-5-12(16)6-4-11/h3-6,9H,2,7-8H2,1H3,(H,17,20,21). The normalized spacial score (nSPS) is 10.6. The van der Waals surface area contributed by atoms with Crippen LogP contribution < -0.4 is 11.2 Å². The van der Waals surface area contributed by atoms with E-state index < -0.39 is 17.1 Å². The Kier molecular flexibility index (Phi) is 4.47. The zero-order valence-corrected chi connectivity index (χ0v) is 11.6. The van der Waals surface area contributed by atoms with Crippen molar-refractivity contribution in [1.29, 1.82) is 0 Å². The van der Waals surface area contributed by atoms with Crippen LogP contribution in [0, 0.1) is 5.82 Å². The Morgan fingerprint density at radius 1 is 1.24 bits per heavy atom. The number of carbonyl (C=O) groups excluding carboxylic acids is 1. The first-order valence-electron chi connectivity index (χ1n) is 6.62. The van der Waals surface area contributed by atoms with Crippen molar-refractivity contribution in [2.75, 3.05) is 0 Å². The van der Waals surface area contributed by atoms with E-state index in [4.69, 9.17) is 0 Å². The fourth-order valence-corrected chi connectivity index (χ4v) is 1.97. The molecule has 21 heavy (non-hydrogen) atoms. The molecule has 0 spiro atoms. The van der Waals surface area contributed by atoms with Gasteiger partial charge in [-0.1, -0.05) is 6.92 Å². The maximum Gasteiger partial charge on any atom is 0.328 e. The molecule has 5 nitrogen and oxygen atoms in total. The zero-order chi connectivity index (χ0) is 15.4. The lowest BCUT2D eigenvalue weighted by atomic mass is 10.1. The van der Waals surface area contributed by atoms with Crippen molar-refractivity contribution in [2.24, 2.45) is 0 Å². The van der Waals surface area contributed by atoms with Gasteiger partial charge in [-0.25, -0.2) is 9.18 Å². The van der Waals surface area contributed by atoms with Crippen LogP contribution in [-0.2, 0) is 13.0 Å². The number of hydrogen-bond acceptors (Lipinski definition) is 3. The third kappa shape index (κ3) is 3.53. The number of rotatable bonds is 5. The summed E-state index contributed by atoms with van der Waals surface area (Å²) < 4.78 is 14.1. The number of halogens is 1. The number of hydrogen-bond donors (Lipinski definition) is 1. The van der Waals surface area contributed by atoms with Gasteiger partial charge in [0.05, 0.1) is 0 Å². The number of nitrogens with zero attached hydrogens (tertiary/aromatic N) is 1. The molecule has 1 aromatic carbocycles. The number of carbonyl (C=O) groups is 1. The van der Waals surface area contributed by atoms with Gasteiger partial charge in [-0.3, -0.25) is 19.1 Å². The second kappa shape index (κ2) is 6.30. The number of aryl methyl sites for hydroxylation is 2. The fourth-order valence-electron chi connectivity index (χ4n) is 1.97. The molecule has 6 heteroatoms. The SMILES string of the molecule is CCc1cn(CCC(=O)c2ccc(F)cc2)c(=O)[nH]c1=O. The second-order valence-electron chi connectivity index (χ2n) is 4.64. The molecule has 0 aliphatic carbocycles. The molecule has 1 aromatic heterocycles. The topological polar surface area (TPSA) is 71.9 Å². The monoisotopic (exact) mass is 290 g/mol. The largest absolute Gasteiger partial charge is 0.328 e. The van der Waals surface area contributed by atoms with Crippen molar-refractivity contribution in [2.45, 2.75) is 26.3 Å². The zero-order valence-electron chi connectivity index (χ0n) is 11.6. The van der Waals surface area contributed by atoms with Gasteiger partial charge < -0.3 is 0 Å². The summed E-state index contributed by atoms with van der Waals surface area (Å²) in [5.74, 6) is -0.595. The van der Waals surface area contributed by atoms with Crippen LogP contribution in [0.4, 0.5) is 4.39 Å². The van der Waals surface area contributed by atoms with E-state index in [1.807, 2.05) is 6.92 Å². The summed E-state index contributed by atoms with van der Waals surface area (Å²) in [7, 11) is 0. The molecule has 2 aromatic rings. The minimum atomic E-state index is -0.538. The van der Waals surface area contributed by atoms with Gasteiger partial charge in [0.25, 0.3) is 5.56 Å². The highest BCUT2D eigenvalue weighted by Crippen LogP contribution is 2.06. The summed E-state index contributed by atoms with van der Waals surface area (Å²) >= 11 is 0. The molecule has 2 rings (SSSR count). The molecule has 1 N–H and O–H groups in total. The summed E-state index contributed by atoms with van der Waals surface area (Å²) in [6.45, 7) is 1.97. The van der Waals surface area contributed by atoms with Gasteiger partial charge in [0.15, 0.2) is 5.78 Å². The van der Waals surface area contributed by atoms with Crippen LogP contribution in [0.25, 0.3) is 0 Å². The van der Waals surface area contributed by atoms with Gasteiger partial charge in [0.1, 0.15) is 5.82 Å². The van der Waals surface area contributed by atoms with Gasteiger partial charge in [-0.05, 0) is 30.7 Å². The van der Waals surface area contributed by atoms with Gasteiger partial charge >= 0.3 is 5.69 Å². The van der Waals surface area contributed by atoms with Crippen LogP contribution in [0.2, 0.25) is 0 Å². The van der Waals surface area contributed by atoms with E-state index in [0.717, 1.165) is 0 Å². The Hall–Kier alpha value is -2.50. The molecule has 0 aliphatic rings. The number of aromatic nitrogens is 2. The molecule has 0 bridgehead atoms. The van der Waals surface area contributed by atoms with Crippen LogP contribution in [0.5, 0.6) is 0 Å². The Balaban J connectivity index is 2.13. The van der Waals surface area contributed by atoms with Crippen LogP contribution in [0.15, 0.2) is 40.1 Å². The summed E-state index contributed by atoms with van der Waals surface area (Å²) in [6.07, 6.45) is 2.07. The molecule has 1 heterocycles. The molecule has 0 saturated heterocycles. The summed E-state index contributed by atoms with van der Waals surface area (Å²) in [5, 5.41) is 0. The van der Waals surface area contributed by atoms with Crippen molar-refractivity contribution >= 4 is 5.78 Å². The van der Waals surface area contributed by atoms with Crippen molar-refractivity contribution in [1.82, 2.24) is 9.55 Å². The van der Waals surface area contributed by atoms with Crippen molar-refractivity contribution in [3.05, 3.63) is 68.2 Å². The first-order chi connectivity index (χ1) is 10.0. The molecule has 0 aliphatic heterocycles. The molecule has 0 unspecified atom stereocenters. The van der Waals surface area contributed by atoms with E-state index >= 15 is 0 Å². The predicted octanol–water partition coefficient (Wildman–Crippen LogP) is 1.51. The van der Waals surface area contributed by atoms with Gasteiger partial charge in [0.2, 0.25) is 0 Å². The molecule has 0 saturated carbocycles. The number of nitrogens with one attached hydrogen (secondary N) is 1. The number of Topliss-reactive ketones (excluding diaryl/α,β-unsaturated/α-hetero) is 1. The number of ketones is 1. The number of aromatic amines is 1. The van der Waals surface area contributed by atoms with Crippen molar-refractivity contribution < 1.29 is 9.18 Å². The van der Waals surface area contributed by atoms with E-state index in [2.05, 4.69) is 4.98 Å². The quantitative estimate of drug-likeness (QED) is 0.848. The Morgan fingerprint density at radius 3 is 2.52 bits per heavy atom. The average molecular weight is 290 g/mol. The minimum Gasteiger partial charge on any atom is -0.300 e. The molecule has 110 valence electrons. The highest BCUT2D eigenvalue weighted by Gasteiger charge is 2.08. The Bertz CT molecular complexity index is 760. The lowest BCUT2D eigenvalue weighted by molar-refractivity contribution is 0.0976. The lowest BCUT2D eigenvalue weighted by Crippen LogP contribution is -2.32.